The molecule has 6 nitrogen and oxygen atoms in total. The summed E-state index contributed by atoms with van der Waals surface area (Å²) in [5, 5.41) is 8.55. The van der Waals surface area contributed by atoms with Crippen LogP contribution in [0, 0.1) is 0 Å². The summed E-state index contributed by atoms with van der Waals surface area (Å²) in [6.45, 7) is 10.2. The topological polar surface area (TPSA) is 54.6 Å². The predicted octanol–water partition coefficient (Wildman–Crippen LogP) is 3.16. The molecule has 0 spiro atoms. The van der Waals surface area contributed by atoms with Gasteiger partial charge in [0.05, 0.1) is 13.2 Å². The number of hydrogen-bond acceptors (Lipinski definition) is 6. The van der Waals surface area contributed by atoms with Gasteiger partial charge in [-0.3, -0.25) is 4.90 Å². The minimum absolute atomic E-state index is 0.523. The first-order valence-corrected chi connectivity index (χ1v) is 9.71. The Morgan fingerprint density at radius 2 is 1.65 bits per heavy atom. The third kappa shape index (κ3) is 3.76. The number of morpholine rings is 1. The van der Waals surface area contributed by atoms with Gasteiger partial charge in [0.1, 0.15) is 0 Å². The normalized spacial score (nSPS) is 20.0. The van der Waals surface area contributed by atoms with Crippen molar-refractivity contribution < 1.29 is 9.15 Å². The van der Waals surface area contributed by atoms with Gasteiger partial charge in [-0.1, -0.05) is 31.1 Å². The van der Waals surface area contributed by atoms with E-state index in [0.717, 1.165) is 57.8 Å². The standard InChI is InChI=1S/C20H28N4O2/c1-15(2)16-3-5-17(6-4-16)19-21-22-20(26-19)24-9-7-18(8-10-24)23-11-13-25-14-12-23/h3-6,15,18H,7-14H2,1-2H3. The summed E-state index contributed by atoms with van der Waals surface area (Å²) in [6.07, 6.45) is 2.28. The second-order valence-corrected chi connectivity index (χ2v) is 7.53. The van der Waals surface area contributed by atoms with Gasteiger partial charge in [0.15, 0.2) is 0 Å². The smallest absolute Gasteiger partial charge is 0.318 e. The van der Waals surface area contributed by atoms with Gasteiger partial charge in [0, 0.05) is 37.8 Å². The zero-order valence-electron chi connectivity index (χ0n) is 15.7. The molecule has 4 rings (SSSR count). The molecule has 2 fully saturated rings. The molecule has 0 radical (unpaired) electrons. The molecule has 6 heteroatoms. The van der Waals surface area contributed by atoms with E-state index < -0.39 is 0 Å². The first kappa shape index (κ1) is 17.5. The van der Waals surface area contributed by atoms with Gasteiger partial charge in [-0.05, 0) is 36.5 Å². The number of rotatable bonds is 4. The van der Waals surface area contributed by atoms with E-state index in [1.54, 1.807) is 0 Å². The Balaban J connectivity index is 1.37. The van der Waals surface area contributed by atoms with Crippen molar-refractivity contribution in [3.63, 3.8) is 0 Å². The quantitative estimate of drug-likeness (QED) is 0.839. The van der Waals surface area contributed by atoms with Crippen molar-refractivity contribution in [1.29, 1.82) is 0 Å². The fourth-order valence-electron chi connectivity index (χ4n) is 3.84. The molecule has 0 saturated carbocycles. The SMILES string of the molecule is CC(C)c1ccc(-c2nnc(N3CCC(N4CCOCC4)CC3)o2)cc1. The van der Waals surface area contributed by atoms with Crippen LogP contribution in [0.15, 0.2) is 28.7 Å². The van der Waals surface area contributed by atoms with Crippen LogP contribution in [-0.4, -0.2) is 60.5 Å². The van der Waals surface area contributed by atoms with E-state index in [9.17, 15) is 0 Å². The summed E-state index contributed by atoms with van der Waals surface area (Å²) in [4.78, 5) is 4.78. The average Bonchev–Trinajstić information content (AvgIpc) is 3.19. The lowest BCUT2D eigenvalue weighted by Gasteiger charge is -2.39. The first-order valence-electron chi connectivity index (χ1n) is 9.71. The summed E-state index contributed by atoms with van der Waals surface area (Å²) >= 11 is 0. The summed E-state index contributed by atoms with van der Waals surface area (Å²) in [5.74, 6) is 1.13. The molecule has 0 amide bonds. The molecule has 1 aromatic heterocycles. The first-order chi connectivity index (χ1) is 12.7. The zero-order valence-corrected chi connectivity index (χ0v) is 15.7. The largest absolute Gasteiger partial charge is 0.403 e. The highest BCUT2D eigenvalue weighted by Crippen LogP contribution is 2.27. The molecule has 0 bridgehead atoms. The molecule has 2 aliphatic rings. The van der Waals surface area contributed by atoms with Gasteiger partial charge in [0.2, 0.25) is 5.89 Å². The number of piperidine rings is 1. The number of hydrogen-bond donors (Lipinski definition) is 0. The van der Waals surface area contributed by atoms with Gasteiger partial charge in [0.25, 0.3) is 0 Å². The second kappa shape index (κ2) is 7.76. The van der Waals surface area contributed by atoms with E-state index in [4.69, 9.17) is 9.15 Å². The molecule has 0 aliphatic carbocycles. The van der Waals surface area contributed by atoms with Crippen LogP contribution >= 0.6 is 0 Å². The van der Waals surface area contributed by atoms with Gasteiger partial charge in [-0.25, -0.2) is 0 Å². The highest BCUT2D eigenvalue weighted by Gasteiger charge is 2.27. The minimum Gasteiger partial charge on any atom is -0.403 e. The molecule has 2 aliphatic heterocycles. The summed E-state index contributed by atoms with van der Waals surface area (Å²) in [6, 6.07) is 9.71. The molecule has 0 unspecified atom stereocenters. The van der Waals surface area contributed by atoms with Crippen LogP contribution in [0.2, 0.25) is 0 Å². The molecule has 2 saturated heterocycles. The molecule has 1 aromatic carbocycles. The lowest BCUT2D eigenvalue weighted by Crippen LogP contribution is -2.49. The molecule has 2 aromatic rings. The minimum atomic E-state index is 0.523. The van der Waals surface area contributed by atoms with E-state index in [1.807, 2.05) is 0 Å². The lowest BCUT2D eigenvalue weighted by molar-refractivity contribution is 0.0113. The fraction of sp³-hybridized carbons (Fsp3) is 0.600. The second-order valence-electron chi connectivity index (χ2n) is 7.53. The van der Waals surface area contributed by atoms with E-state index in [-0.39, 0.29) is 0 Å². The predicted molar refractivity (Wildman–Crippen MR) is 101 cm³/mol. The van der Waals surface area contributed by atoms with Crippen molar-refractivity contribution in [2.24, 2.45) is 0 Å². The third-order valence-electron chi connectivity index (χ3n) is 5.54. The summed E-state index contributed by atoms with van der Waals surface area (Å²) in [5.41, 5.74) is 2.30. The summed E-state index contributed by atoms with van der Waals surface area (Å²) < 4.78 is 11.4. The van der Waals surface area contributed by atoms with Gasteiger partial charge in [-0.2, -0.15) is 0 Å². The van der Waals surface area contributed by atoms with E-state index in [0.29, 0.717) is 23.9 Å². The van der Waals surface area contributed by atoms with Crippen molar-refractivity contribution in [3.05, 3.63) is 29.8 Å². The van der Waals surface area contributed by atoms with Crippen molar-refractivity contribution in [2.75, 3.05) is 44.3 Å². The Morgan fingerprint density at radius 3 is 2.31 bits per heavy atom. The maximum atomic E-state index is 5.96. The van der Waals surface area contributed by atoms with Crippen LogP contribution in [0.4, 0.5) is 6.01 Å². The monoisotopic (exact) mass is 356 g/mol. The Kier molecular flexibility index (Phi) is 5.22. The number of aromatic nitrogens is 2. The fourth-order valence-corrected chi connectivity index (χ4v) is 3.84. The maximum absolute atomic E-state index is 5.96. The van der Waals surface area contributed by atoms with Crippen LogP contribution in [0.5, 0.6) is 0 Å². The Hall–Kier alpha value is -1.92. The molecular weight excluding hydrogens is 328 g/mol. The summed E-state index contributed by atoms with van der Waals surface area (Å²) in [7, 11) is 0. The third-order valence-corrected chi connectivity index (χ3v) is 5.54. The van der Waals surface area contributed by atoms with Crippen LogP contribution in [0.25, 0.3) is 11.5 Å². The number of nitrogens with zero attached hydrogens (tertiary/aromatic N) is 4. The van der Waals surface area contributed by atoms with Crippen molar-refractivity contribution in [3.8, 4) is 11.5 Å². The van der Waals surface area contributed by atoms with Crippen LogP contribution in [0.3, 0.4) is 0 Å². The van der Waals surface area contributed by atoms with Crippen molar-refractivity contribution in [1.82, 2.24) is 15.1 Å². The number of benzene rings is 1. The van der Waals surface area contributed by atoms with E-state index >= 15 is 0 Å². The molecular formula is C20H28N4O2. The van der Waals surface area contributed by atoms with Crippen LogP contribution < -0.4 is 4.90 Å². The van der Waals surface area contributed by atoms with Crippen LogP contribution in [0.1, 0.15) is 38.2 Å². The van der Waals surface area contributed by atoms with Crippen molar-refractivity contribution in [2.45, 2.75) is 38.6 Å². The number of anilines is 1. The Labute approximate surface area is 155 Å². The Morgan fingerprint density at radius 1 is 0.962 bits per heavy atom. The van der Waals surface area contributed by atoms with Crippen molar-refractivity contribution >= 4 is 6.01 Å². The van der Waals surface area contributed by atoms with E-state index in [1.165, 1.54) is 5.56 Å². The molecule has 3 heterocycles. The highest BCUT2D eigenvalue weighted by molar-refractivity contribution is 5.54. The lowest BCUT2D eigenvalue weighted by atomic mass is 10.0. The van der Waals surface area contributed by atoms with Gasteiger partial charge < -0.3 is 14.1 Å². The molecule has 0 atom stereocenters. The van der Waals surface area contributed by atoms with Gasteiger partial charge >= 0.3 is 6.01 Å². The molecule has 0 N–H and O–H groups in total. The molecule has 140 valence electrons. The van der Waals surface area contributed by atoms with Crippen LogP contribution in [-0.2, 0) is 4.74 Å². The highest BCUT2D eigenvalue weighted by atomic mass is 16.5. The Bertz CT molecular complexity index is 699. The average molecular weight is 356 g/mol. The molecule has 26 heavy (non-hydrogen) atoms. The zero-order chi connectivity index (χ0) is 17.9. The van der Waals surface area contributed by atoms with E-state index in [2.05, 4.69) is 58.1 Å². The maximum Gasteiger partial charge on any atom is 0.318 e. The van der Waals surface area contributed by atoms with Gasteiger partial charge in [-0.15, -0.1) is 5.10 Å². The number of ether oxygens (including phenoxy) is 1.